The number of nitrogens with two attached hydrogens (primary N) is 1. The Balaban J connectivity index is 1.41. The van der Waals surface area contributed by atoms with Gasteiger partial charge in [-0.1, -0.05) is 42.5 Å². The lowest BCUT2D eigenvalue weighted by atomic mass is 9.99. The molecule has 2 atom stereocenters. The average Bonchev–Trinajstić information content (AvgIpc) is 3.30. The molecule has 1 saturated heterocycles. The average molecular weight is 584 g/mol. The standard InChI is InChI=1S/C34H41N5O4/c1-23(25-10-6-5-7-11-25)37-18-20-38(21-19-37)29-13-8-12-27-32(29)34(41)39(33(27)40)28(14-9-17-36-24(2)35)26-15-16-30(42-3)31(22-26)43-4/h5-8,10-13,15-16,22-23,28H,9,14,17-21H2,1-4H3,(H2,35,36)/t23-,28-/m1/s1. The quantitative estimate of drug-likeness (QED) is 0.145. The first-order valence-corrected chi connectivity index (χ1v) is 14.9. The number of amides is 2. The summed E-state index contributed by atoms with van der Waals surface area (Å²) in [5, 5.41) is 0. The van der Waals surface area contributed by atoms with Crippen LogP contribution in [0.4, 0.5) is 5.69 Å². The Morgan fingerprint density at radius 1 is 0.884 bits per heavy atom. The van der Waals surface area contributed by atoms with Gasteiger partial charge in [-0.25, -0.2) is 0 Å². The lowest BCUT2D eigenvalue weighted by molar-refractivity contribution is 0.0572. The lowest BCUT2D eigenvalue weighted by Gasteiger charge is -2.39. The van der Waals surface area contributed by atoms with Crippen LogP contribution in [-0.2, 0) is 0 Å². The fraction of sp³-hybridized carbons (Fsp3) is 0.382. The van der Waals surface area contributed by atoms with Crippen LogP contribution in [-0.4, -0.2) is 74.4 Å². The second-order valence-corrected chi connectivity index (χ2v) is 11.1. The van der Waals surface area contributed by atoms with Gasteiger partial charge in [-0.05, 0) is 62.1 Å². The predicted molar refractivity (Wildman–Crippen MR) is 169 cm³/mol. The van der Waals surface area contributed by atoms with Gasteiger partial charge in [-0.3, -0.25) is 24.4 Å². The third-order valence-corrected chi connectivity index (χ3v) is 8.51. The minimum atomic E-state index is -0.503. The third-order valence-electron chi connectivity index (χ3n) is 8.51. The molecule has 2 amide bonds. The van der Waals surface area contributed by atoms with Crippen molar-refractivity contribution >= 4 is 23.3 Å². The van der Waals surface area contributed by atoms with Gasteiger partial charge >= 0.3 is 0 Å². The van der Waals surface area contributed by atoms with Gasteiger partial charge in [0.2, 0.25) is 0 Å². The Morgan fingerprint density at radius 2 is 1.60 bits per heavy atom. The van der Waals surface area contributed by atoms with E-state index in [1.165, 1.54) is 10.5 Å². The highest BCUT2D eigenvalue weighted by molar-refractivity contribution is 6.24. The highest BCUT2D eigenvalue weighted by atomic mass is 16.5. The maximum absolute atomic E-state index is 14.2. The first kappa shape index (κ1) is 30.1. The molecule has 0 spiro atoms. The maximum Gasteiger partial charge on any atom is 0.264 e. The Labute approximate surface area is 253 Å². The molecule has 2 aliphatic heterocycles. The summed E-state index contributed by atoms with van der Waals surface area (Å²) < 4.78 is 11.0. The zero-order valence-electron chi connectivity index (χ0n) is 25.5. The molecule has 0 aromatic heterocycles. The Bertz CT molecular complexity index is 1480. The molecule has 9 nitrogen and oxygen atoms in total. The van der Waals surface area contributed by atoms with Gasteiger partial charge in [0.1, 0.15) is 0 Å². The zero-order chi connectivity index (χ0) is 30.5. The summed E-state index contributed by atoms with van der Waals surface area (Å²) >= 11 is 0. The molecule has 2 N–H and O–H groups in total. The second kappa shape index (κ2) is 13.3. The van der Waals surface area contributed by atoms with Crippen LogP contribution in [0.25, 0.3) is 0 Å². The smallest absolute Gasteiger partial charge is 0.264 e. The minimum Gasteiger partial charge on any atom is -0.493 e. The number of rotatable bonds is 11. The van der Waals surface area contributed by atoms with E-state index in [-0.39, 0.29) is 11.8 Å². The molecule has 0 saturated carbocycles. The van der Waals surface area contributed by atoms with Gasteiger partial charge in [0.25, 0.3) is 11.8 Å². The van der Waals surface area contributed by atoms with Crippen LogP contribution in [0.3, 0.4) is 0 Å². The molecule has 3 aromatic rings. The molecule has 226 valence electrons. The molecule has 0 aliphatic carbocycles. The fourth-order valence-corrected chi connectivity index (χ4v) is 6.17. The highest BCUT2D eigenvalue weighted by Crippen LogP contribution is 2.40. The normalized spacial score (nSPS) is 17.2. The van der Waals surface area contributed by atoms with Gasteiger partial charge in [0.05, 0.1) is 42.9 Å². The maximum atomic E-state index is 14.2. The third kappa shape index (κ3) is 6.22. The number of benzene rings is 3. The summed E-state index contributed by atoms with van der Waals surface area (Å²) in [6.07, 6.45) is 1.18. The van der Waals surface area contributed by atoms with Crippen molar-refractivity contribution in [1.29, 1.82) is 0 Å². The van der Waals surface area contributed by atoms with Crippen molar-refractivity contribution in [3.8, 4) is 11.5 Å². The van der Waals surface area contributed by atoms with Crippen molar-refractivity contribution in [1.82, 2.24) is 9.80 Å². The number of fused-ring (bicyclic) bond motifs is 1. The summed E-state index contributed by atoms with van der Waals surface area (Å²) in [7, 11) is 3.15. The topological polar surface area (TPSA) is 101 Å². The van der Waals surface area contributed by atoms with Gasteiger partial charge in [-0.15, -0.1) is 0 Å². The Kier molecular flexibility index (Phi) is 9.31. The van der Waals surface area contributed by atoms with E-state index in [1.807, 2.05) is 36.4 Å². The van der Waals surface area contributed by atoms with Crippen LogP contribution in [0.15, 0.2) is 71.7 Å². The van der Waals surface area contributed by atoms with Crippen LogP contribution in [0, 0.1) is 0 Å². The number of carbonyl (C=O) groups excluding carboxylic acids is 2. The first-order chi connectivity index (χ1) is 20.8. The van der Waals surface area contributed by atoms with Gasteiger partial charge in [0.15, 0.2) is 11.5 Å². The largest absolute Gasteiger partial charge is 0.493 e. The number of hydrogen-bond donors (Lipinski definition) is 1. The second-order valence-electron chi connectivity index (χ2n) is 11.1. The van der Waals surface area contributed by atoms with Crippen molar-refractivity contribution in [2.24, 2.45) is 10.7 Å². The minimum absolute atomic E-state index is 0.269. The summed E-state index contributed by atoms with van der Waals surface area (Å²) in [6.45, 7) is 7.75. The van der Waals surface area contributed by atoms with E-state index in [0.717, 1.165) is 37.4 Å². The molecule has 1 fully saturated rings. The van der Waals surface area contributed by atoms with E-state index in [2.05, 4.69) is 46.0 Å². The molecule has 43 heavy (non-hydrogen) atoms. The number of ether oxygens (including phenoxy) is 2. The number of anilines is 1. The van der Waals surface area contributed by atoms with Crippen molar-refractivity contribution < 1.29 is 19.1 Å². The van der Waals surface area contributed by atoms with Crippen molar-refractivity contribution in [2.45, 2.75) is 38.8 Å². The molecule has 2 heterocycles. The number of nitrogens with zero attached hydrogens (tertiary/aromatic N) is 4. The summed E-state index contributed by atoms with van der Waals surface area (Å²) in [5.41, 5.74) is 9.59. The summed E-state index contributed by atoms with van der Waals surface area (Å²) in [4.78, 5) is 38.6. The lowest BCUT2D eigenvalue weighted by Crippen LogP contribution is -2.47. The van der Waals surface area contributed by atoms with E-state index in [1.54, 1.807) is 27.2 Å². The monoisotopic (exact) mass is 583 g/mol. The summed E-state index contributed by atoms with van der Waals surface area (Å²) in [5.74, 6) is 1.08. The van der Waals surface area contributed by atoms with E-state index >= 15 is 0 Å². The van der Waals surface area contributed by atoms with Gasteiger partial charge < -0.3 is 20.1 Å². The number of methoxy groups -OCH3 is 2. The van der Waals surface area contributed by atoms with E-state index < -0.39 is 6.04 Å². The van der Waals surface area contributed by atoms with Crippen LogP contribution in [0.2, 0.25) is 0 Å². The number of piperazine rings is 1. The van der Waals surface area contributed by atoms with Crippen LogP contribution < -0.4 is 20.1 Å². The molecule has 3 aromatic carbocycles. The molecule has 9 heteroatoms. The number of imide groups is 1. The molecular weight excluding hydrogens is 542 g/mol. The Morgan fingerprint density at radius 3 is 2.28 bits per heavy atom. The van der Waals surface area contributed by atoms with Crippen molar-refractivity contribution in [2.75, 3.05) is 51.8 Å². The number of carbonyl (C=O) groups is 2. The number of aliphatic imine (C=N–C) groups is 1. The highest BCUT2D eigenvalue weighted by Gasteiger charge is 2.43. The zero-order valence-corrected chi connectivity index (χ0v) is 25.5. The van der Waals surface area contributed by atoms with Gasteiger partial charge in [-0.2, -0.15) is 0 Å². The van der Waals surface area contributed by atoms with Gasteiger partial charge in [0, 0.05) is 38.8 Å². The van der Waals surface area contributed by atoms with Crippen LogP contribution >= 0.6 is 0 Å². The molecule has 0 bridgehead atoms. The van der Waals surface area contributed by atoms with Crippen molar-refractivity contribution in [3.05, 3.63) is 89.0 Å². The van der Waals surface area contributed by atoms with Crippen LogP contribution in [0.1, 0.15) is 70.6 Å². The fourth-order valence-electron chi connectivity index (χ4n) is 6.17. The number of hydrogen-bond acceptors (Lipinski definition) is 7. The van der Waals surface area contributed by atoms with E-state index in [4.69, 9.17) is 15.2 Å². The number of amidine groups is 1. The molecule has 5 rings (SSSR count). The van der Waals surface area contributed by atoms with Crippen molar-refractivity contribution in [3.63, 3.8) is 0 Å². The van der Waals surface area contributed by atoms with Crippen LogP contribution in [0.5, 0.6) is 11.5 Å². The molecule has 0 radical (unpaired) electrons. The molecule has 2 aliphatic rings. The first-order valence-electron chi connectivity index (χ1n) is 14.9. The Hall–Kier alpha value is -4.37. The van der Waals surface area contributed by atoms with E-state index in [0.29, 0.717) is 53.9 Å². The molecule has 0 unspecified atom stereocenters. The summed E-state index contributed by atoms with van der Waals surface area (Å²) in [6, 6.07) is 21.5. The van der Waals surface area contributed by atoms with E-state index in [9.17, 15) is 9.59 Å². The predicted octanol–water partition coefficient (Wildman–Crippen LogP) is 5.08. The SMILES string of the molecule is COc1ccc([C@@H](CCCN=C(C)N)N2C(=O)c3cccc(N4CCN([C@H](C)c5ccccc5)CC4)c3C2=O)cc1OC. The molecular formula is C34H41N5O4.